The van der Waals surface area contributed by atoms with E-state index in [-0.39, 0.29) is 0 Å². The molecule has 0 amide bonds. The summed E-state index contributed by atoms with van der Waals surface area (Å²) in [5.41, 5.74) is 1.27. The molecule has 0 spiro atoms. The van der Waals surface area contributed by atoms with E-state index in [2.05, 4.69) is 33.3 Å². The van der Waals surface area contributed by atoms with Gasteiger partial charge in [-0.25, -0.2) is 4.98 Å². The van der Waals surface area contributed by atoms with Crippen LogP contribution in [0.4, 0.5) is 5.95 Å². The topological polar surface area (TPSA) is 77.4 Å². The maximum atomic E-state index is 8.79. The number of H-pyrrole nitrogens is 1. The number of hydrogen-bond donors (Lipinski definition) is 2. The van der Waals surface area contributed by atoms with Gasteiger partial charge in [0, 0.05) is 18.9 Å². The first-order valence-corrected chi connectivity index (χ1v) is 4.83. The van der Waals surface area contributed by atoms with Gasteiger partial charge in [-0.2, -0.15) is 10.2 Å². The molecule has 2 heterocycles. The summed E-state index contributed by atoms with van der Waals surface area (Å²) in [6.07, 6.45) is 4.33. The number of aromatic nitrogens is 3. The van der Waals surface area contributed by atoms with Crippen LogP contribution in [0.15, 0.2) is 12.4 Å². The first kappa shape index (κ1) is 9.46. The number of aromatic amines is 1. The van der Waals surface area contributed by atoms with E-state index in [0.29, 0.717) is 17.2 Å². The van der Waals surface area contributed by atoms with E-state index in [4.69, 9.17) is 5.26 Å². The minimum Gasteiger partial charge on any atom is -0.354 e. The average molecular weight is 201 g/mol. The molecule has 0 radical (unpaired) electrons. The predicted octanol–water partition coefficient (Wildman–Crippen LogP) is 1.65. The lowest BCUT2D eigenvalue weighted by atomic mass is 10.3. The number of fused-ring (bicyclic) bond motifs is 1. The van der Waals surface area contributed by atoms with Crippen LogP contribution in [-0.4, -0.2) is 21.5 Å². The summed E-state index contributed by atoms with van der Waals surface area (Å²) in [6, 6.07) is 2.08. The molecule has 0 aliphatic carbocycles. The van der Waals surface area contributed by atoms with Gasteiger partial charge in [0.25, 0.3) is 0 Å². The van der Waals surface area contributed by atoms with E-state index >= 15 is 0 Å². The second-order valence-electron chi connectivity index (χ2n) is 3.20. The number of nitriles is 1. The van der Waals surface area contributed by atoms with Crippen LogP contribution in [0.5, 0.6) is 0 Å². The highest BCUT2D eigenvalue weighted by atomic mass is 15.1. The van der Waals surface area contributed by atoms with Crippen LogP contribution in [-0.2, 0) is 0 Å². The van der Waals surface area contributed by atoms with E-state index < -0.39 is 0 Å². The summed E-state index contributed by atoms with van der Waals surface area (Å²) in [6.45, 7) is 2.92. The molecule has 0 aromatic carbocycles. The van der Waals surface area contributed by atoms with E-state index in [1.165, 1.54) is 0 Å². The number of nitrogens with one attached hydrogen (secondary N) is 2. The third-order valence-corrected chi connectivity index (χ3v) is 2.09. The van der Waals surface area contributed by atoms with Crippen molar-refractivity contribution in [2.75, 3.05) is 11.9 Å². The SMILES string of the molecule is CCCNc1ncc2c(C#N)c[nH]c2n1. The second kappa shape index (κ2) is 3.96. The first-order valence-electron chi connectivity index (χ1n) is 4.83. The van der Waals surface area contributed by atoms with Crippen molar-refractivity contribution in [3.63, 3.8) is 0 Å². The summed E-state index contributed by atoms with van der Waals surface area (Å²) >= 11 is 0. The summed E-state index contributed by atoms with van der Waals surface area (Å²) in [5.74, 6) is 0.593. The van der Waals surface area contributed by atoms with Crippen molar-refractivity contribution >= 4 is 17.0 Å². The van der Waals surface area contributed by atoms with Gasteiger partial charge >= 0.3 is 0 Å². The molecule has 0 saturated heterocycles. The van der Waals surface area contributed by atoms with Crippen molar-refractivity contribution < 1.29 is 0 Å². The average Bonchev–Trinajstić information content (AvgIpc) is 2.68. The van der Waals surface area contributed by atoms with Gasteiger partial charge in [0.1, 0.15) is 11.7 Å². The van der Waals surface area contributed by atoms with Gasteiger partial charge in [0.15, 0.2) is 0 Å². The molecule has 0 saturated carbocycles. The molecular formula is C10H11N5. The first-order chi connectivity index (χ1) is 7.35. The molecular weight excluding hydrogens is 190 g/mol. The van der Waals surface area contributed by atoms with Gasteiger partial charge in [0.2, 0.25) is 5.95 Å². The Balaban J connectivity index is 2.36. The van der Waals surface area contributed by atoms with Gasteiger partial charge in [0.05, 0.1) is 10.9 Å². The summed E-state index contributed by atoms with van der Waals surface area (Å²) in [4.78, 5) is 11.3. The molecule has 5 heteroatoms. The molecule has 2 aromatic heterocycles. The van der Waals surface area contributed by atoms with Crippen molar-refractivity contribution in [2.45, 2.75) is 13.3 Å². The monoisotopic (exact) mass is 201 g/mol. The molecule has 0 aliphatic rings. The highest BCUT2D eigenvalue weighted by Crippen LogP contribution is 2.15. The molecule has 0 aliphatic heterocycles. The van der Waals surface area contributed by atoms with Crippen molar-refractivity contribution in [2.24, 2.45) is 0 Å². The minimum absolute atomic E-state index is 0.576. The van der Waals surface area contributed by atoms with E-state index in [1.807, 2.05) is 0 Å². The maximum absolute atomic E-state index is 8.79. The van der Waals surface area contributed by atoms with Crippen molar-refractivity contribution in [1.82, 2.24) is 15.0 Å². The highest BCUT2D eigenvalue weighted by Gasteiger charge is 2.05. The predicted molar refractivity (Wildman–Crippen MR) is 57.4 cm³/mol. The number of nitrogens with zero attached hydrogens (tertiary/aromatic N) is 3. The lowest BCUT2D eigenvalue weighted by Crippen LogP contribution is -2.03. The van der Waals surface area contributed by atoms with Crippen LogP contribution in [0.1, 0.15) is 18.9 Å². The fourth-order valence-electron chi connectivity index (χ4n) is 1.32. The molecule has 15 heavy (non-hydrogen) atoms. The van der Waals surface area contributed by atoms with Gasteiger partial charge in [-0.1, -0.05) is 6.92 Å². The number of rotatable bonds is 3. The van der Waals surface area contributed by atoms with Crippen LogP contribution >= 0.6 is 0 Å². The Labute approximate surface area is 87.2 Å². The third kappa shape index (κ3) is 1.74. The minimum atomic E-state index is 0.576. The van der Waals surface area contributed by atoms with Gasteiger partial charge < -0.3 is 10.3 Å². The standard InChI is InChI=1S/C10H11N5/c1-2-3-12-10-14-6-8-7(4-11)5-13-9(8)15-10/h5-6H,2-3H2,1H3,(H2,12,13,14,15). The quantitative estimate of drug-likeness (QED) is 0.791. The van der Waals surface area contributed by atoms with Gasteiger partial charge in [-0.3, -0.25) is 0 Å². The van der Waals surface area contributed by atoms with Crippen LogP contribution in [0.3, 0.4) is 0 Å². The summed E-state index contributed by atoms with van der Waals surface area (Å²) in [5, 5.41) is 12.6. The molecule has 0 unspecified atom stereocenters. The molecule has 0 atom stereocenters. The highest BCUT2D eigenvalue weighted by molar-refractivity contribution is 5.82. The summed E-state index contributed by atoms with van der Waals surface area (Å²) in [7, 11) is 0. The fraction of sp³-hybridized carbons (Fsp3) is 0.300. The van der Waals surface area contributed by atoms with Crippen LogP contribution in [0.2, 0.25) is 0 Å². The van der Waals surface area contributed by atoms with Crippen LogP contribution in [0.25, 0.3) is 11.0 Å². The zero-order chi connectivity index (χ0) is 10.7. The Hall–Kier alpha value is -2.09. The van der Waals surface area contributed by atoms with Crippen molar-refractivity contribution in [3.8, 4) is 6.07 Å². The number of anilines is 1. The molecule has 2 N–H and O–H groups in total. The Bertz CT molecular complexity index is 508. The van der Waals surface area contributed by atoms with Gasteiger partial charge in [-0.15, -0.1) is 0 Å². The Kier molecular flexibility index (Phi) is 2.50. The Morgan fingerprint density at radius 3 is 3.20 bits per heavy atom. The molecule has 76 valence electrons. The van der Waals surface area contributed by atoms with Crippen LogP contribution < -0.4 is 5.32 Å². The molecule has 0 bridgehead atoms. The molecule has 5 nitrogen and oxygen atoms in total. The zero-order valence-corrected chi connectivity index (χ0v) is 8.41. The molecule has 2 rings (SSSR count). The van der Waals surface area contributed by atoms with Crippen LogP contribution in [0, 0.1) is 11.3 Å². The fourth-order valence-corrected chi connectivity index (χ4v) is 1.32. The lowest BCUT2D eigenvalue weighted by molar-refractivity contribution is 0.956. The smallest absolute Gasteiger partial charge is 0.224 e. The third-order valence-electron chi connectivity index (χ3n) is 2.09. The Morgan fingerprint density at radius 2 is 2.47 bits per heavy atom. The molecule has 0 fully saturated rings. The normalized spacial score (nSPS) is 10.1. The van der Waals surface area contributed by atoms with Gasteiger partial charge in [-0.05, 0) is 6.42 Å². The Morgan fingerprint density at radius 1 is 1.60 bits per heavy atom. The largest absolute Gasteiger partial charge is 0.354 e. The number of hydrogen-bond acceptors (Lipinski definition) is 4. The van der Waals surface area contributed by atoms with Crippen molar-refractivity contribution in [3.05, 3.63) is 18.0 Å². The van der Waals surface area contributed by atoms with E-state index in [0.717, 1.165) is 18.4 Å². The van der Waals surface area contributed by atoms with E-state index in [1.54, 1.807) is 12.4 Å². The molecule has 2 aromatic rings. The second-order valence-corrected chi connectivity index (χ2v) is 3.20. The zero-order valence-electron chi connectivity index (χ0n) is 8.41. The maximum Gasteiger partial charge on any atom is 0.224 e. The lowest BCUT2D eigenvalue weighted by Gasteiger charge is -2.01. The van der Waals surface area contributed by atoms with Crippen molar-refractivity contribution in [1.29, 1.82) is 5.26 Å². The summed E-state index contributed by atoms with van der Waals surface area (Å²) < 4.78 is 0. The van der Waals surface area contributed by atoms with E-state index in [9.17, 15) is 0 Å².